The third-order valence-corrected chi connectivity index (χ3v) is 2.98. The van der Waals surface area contributed by atoms with Crippen molar-refractivity contribution in [2.75, 3.05) is 0 Å². The molecule has 1 unspecified atom stereocenters. The third kappa shape index (κ3) is 4.40. The van der Waals surface area contributed by atoms with Gasteiger partial charge in [0, 0.05) is 11.6 Å². The van der Waals surface area contributed by atoms with Gasteiger partial charge in [0.1, 0.15) is 5.75 Å². The number of benzene rings is 1. The SMILES string of the molecule is CCC(Oc1c(Br)cccc1C=CC(=O)O)C(N)=O. The van der Waals surface area contributed by atoms with Gasteiger partial charge in [-0.25, -0.2) is 4.79 Å². The number of aliphatic carboxylic acids is 1. The molecule has 3 N–H and O–H groups in total. The van der Waals surface area contributed by atoms with Gasteiger partial charge in [-0.15, -0.1) is 0 Å². The average Bonchev–Trinajstić information content (AvgIpc) is 2.34. The topological polar surface area (TPSA) is 89.6 Å². The van der Waals surface area contributed by atoms with E-state index in [0.29, 0.717) is 22.2 Å². The molecule has 0 aromatic heterocycles. The van der Waals surface area contributed by atoms with Crippen LogP contribution >= 0.6 is 15.9 Å². The number of carboxylic acids is 1. The molecule has 0 fully saturated rings. The lowest BCUT2D eigenvalue weighted by Crippen LogP contribution is -2.33. The van der Waals surface area contributed by atoms with Crippen molar-refractivity contribution in [3.8, 4) is 5.75 Å². The molecule has 19 heavy (non-hydrogen) atoms. The molecule has 1 amide bonds. The number of para-hydroxylation sites is 1. The fourth-order valence-electron chi connectivity index (χ4n) is 1.43. The van der Waals surface area contributed by atoms with Gasteiger partial charge >= 0.3 is 5.97 Å². The molecular formula is C13H14BrNO4. The molecule has 102 valence electrons. The molecule has 0 aliphatic rings. The van der Waals surface area contributed by atoms with Gasteiger partial charge in [-0.05, 0) is 34.5 Å². The molecular weight excluding hydrogens is 314 g/mol. The lowest BCUT2D eigenvalue weighted by Gasteiger charge is -2.17. The normalized spacial score (nSPS) is 12.3. The fraction of sp³-hybridized carbons (Fsp3) is 0.231. The summed E-state index contributed by atoms with van der Waals surface area (Å²) < 4.78 is 6.18. The second-order valence-electron chi connectivity index (χ2n) is 3.75. The number of amides is 1. The predicted molar refractivity (Wildman–Crippen MR) is 74.7 cm³/mol. The molecule has 0 heterocycles. The number of carbonyl (C=O) groups excluding carboxylic acids is 1. The summed E-state index contributed by atoms with van der Waals surface area (Å²) in [7, 11) is 0. The zero-order chi connectivity index (χ0) is 14.4. The Balaban J connectivity index is 3.10. The van der Waals surface area contributed by atoms with Crippen LogP contribution in [0.15, 0.2) is 28.7 Å². The van der Waals surface area contributed by atoms with Crippen molar-refractivity contribution in [1.29, 1.82) is 0 Å². The second kappa shape index (κ2) is 6.94. The maximum atomic E-state index is 11.2. The van der Waals surface area contributed by atoms with Crippen LogP contribution in [0.25, 0.3) is 6.08 Å². The van der Waals surface area contributed by atoms with E-state index >= 15 is 0 Å². The number of halogens is 1. The van der Waals surface area contributed by atoms with Gasteiger partial charge < -0.3 is 15.6 Å². The van der Waals surface area contributed by atoms with Gasteiger partial charge in [-0.1, -0.05) is 19.1 Å². The molecule has 0 saturated heterocycles. The van der Waals surface area contributed by atoms with Gasteiger partial charge in [0.2, 0.25) is 0 Å². The molecule has 0 aliphatic carbocycles. The zero-order valence-electron chi connectivity index (χ0n) is 10.3. The maximum absolute atomic E-state index is 11.2. The molecule has 0 saturated carbocycles. The number of rotatable bonds is 6. The van der Waals surface area contributed by atoms with E-state index in [1.165, 1.54) is 6.08 Å². The molecule has 6 heteroatoms. The van der Waals surface area contributed by atoms with Crippen molar-refractivity contribution in [2.45, 2.75) is 19.4 Å². The Morgan fingerprint density at radius 3 is 2.74 bits per heavy atom. The summed E-state index contributed by atoms with van der Waals surface area (Å²) in [5.74, 6) is -1.23. The average molecular weight is 328 g/mol. The Hall–Kier alpha value is -1.82. The van der Waals surface area contributed by atoms with Crippen molar-refractivity contribution in [2.24, 2.45) is 5.73 Å². The molecule has 1 rings (SSSR count). The van der Waals surface area contributed by atoms with Crippen LogP contribution in [-0.2, 0) is 9.59 Å². The maximum Gasteiger partial charge on any atom is 0.328 e. The second-order valence-corrected chi connectivity index (χ2v) is 4.60. The number of hydrogen-bond acceptors (Lipinski definition) is 3. The van der Waals surface area contributed by atoms with Crippen LogP contribution in [0.2, 0.25) is 0 Å². The Bertz CT molecular complexity index is 513. The van der Waals surface area contributed by atoms with Crippen LogP contribution in [0.1, 0.15) is 18.9 Å². The largest absolute Gasteiger partial charge is 0.479 e. The summed E-state index contributed by atoms with van der Waals surface area (Å²) in [4.78, 5) is 21.7. The van der Waals surface area contributed by atoms with E-state index in [-0.39, 0.29) is 0 Å². The lowest BCUT2D eigenvalue weighted by atomic mass is 10.1. The van der Waals surface area contributed by atoms with E-state index in [0.717, 1.165) is 6.08 Å². The first-order chi connectivity index (χ1) is 8.95. The Morgan fingerprint density at radius 2 is 2.21 bits per heavy atom. The van der Waals surface area contributed by atoms with Crippen LogP contribution in [0, 0.1) is 0 Å². The number of carboxylic acid groups (broad SMARTS) is 1. The first-order valence-corrected chi connectivity index (χ1v) is 6.40. The van der Waals surface area contributed by atoms with Crippen molar-refractivity contribution < 1.29 is 19.4 Å². The van der Waals surface area contributed by atoms with Crippen LogP contribution in [0.5, 0.6) is 5.75 Å². The Morgan fingerprint density at radius 1 is 1.53 bits per heavy atom. The summed E-state index contributed by atoms with van der Waals surface area (Å²) in [5, 5.41) is 8.64. The summed E-state index contributed by atoms with van der Waals surface area (Å²) in [6.45, 7) is 1.78. The van der Waals surface area contributed by atoms with Gasteiger partial charge in [0.05, 0.1) is 4.47 Å². The van der Waals surface area contributed by atoms with E-state index in [1.54, 1.807) is 25.1 Å². The fourth-order valence-corrected chi connectivity index (χ4v) is 1.90. The summed E-state index contributed by atoms with van der Waals surface area (Å²) in [6.07, 6.45) is 2.07. The monoisotopic (exact) mass is 327 g/mol. The number of ether oxygens (including phenoxy) is 1. The predicted octanol–water partition coefficient (Wildman–Crippen LogP) is 2.19. The Labute approximate surface area is 119 Å². The van der Waals surface area contributed by atoms with E-state index in [9.17, 15) is 9.59 Å². The van der Waals surface area contributed by atoms with Gasteiger partial charge in [-0.3, -0.25) is 4.79 Å². The molecule has 1 aromatic rings. The molecule has 1 aromatic carbocycles. The highest BCUT2D eigenvalue weighted by atomic mass is 79.9. The molecule has 0 bridgehead atoms. The number of nitrogens with two attached hydrogens (primary N) is 1. The van der Waals surface area contributed by atoms with Gasteiger partial charge in [0.25, 0.3) is 5.91 Å². The first kappa shape index (κ1) is 15.2. The van der Waals surface area contributed by atoms with Crippen molar-refractivity contribution >= 4 is 33.9 Å². The lowest BCUT2D eigenvalue weighted by molar-refractivity contribution is -0.131. The van der Waals surface area contributed by atoms with E-state index in [2.05, 4.69) is 15.9 Å². The summed E-state index contributed by atoms with van der Waals surface area (Å²) in [6, 6.07) is 5.16. The molecule has 1 atom stereocenters. The minimum absolute atomic E-state index is 0.394. The van der Waals surface area contributed by atoms with E-state index < -0.39 is 18.0 Å². The standard InChI is InChI=1S/C13H14BrNO4/c1-2-10(13(15)18)19-12-8(6-7-11(16)17)4-3-5-9(12)14/h3-7,10H,2H2,1H3,(H2,15,18)(H,16,17). The van der Waals surface area contributed by atoms with Crippen molar-refractivity contribution in [3.63, 3.8) is 0 Å². The van der Waals surface area contributed by atoms with Gasteiger partial charge in [-0.2, -0.15) is 0 Å². The quantitative estimate of drug-likeness (QED) is 0.783. The van der Waals surface area contributed by atoms with Gasteiger partial charge in [0.15, 0.2) is 6.10 Å². The highest BCUT2D eigenvalue weighted by Gasteiger charge is 2.17. The smallest absolute Gasteiger partial charge is 0.328 e. The van der Waals surface area contributed by atoms with Crippen LogP contribution in [-0.4, -0.2) is 23.1 Å². The zero-order valence-corrected chi connectivity index (χ0v) is 11.9. The molecule has 0 radical (unpaired) electrons. The number of hydrogen-bond donors (Lipinski definition) is 2. The Kier molecular flexibility index (Phi) is 5.57. The van der Waals surface area contributed by atoms with Crippen LogP contribution in [0.4, 0.5) is 0 Å². The first-order valence-electron chi connectivity index (χ1n) is 5.61. The van der Waals surface area contributed by atoms with Crippen LogP contribution in [0.3, 0.4) is 0 Å². The number of carbonyl (C=O) groups is 2. The van der Waals surface area contributed by atoms with Crippen LogP contribution < -0.4 is 10.5 Å². The molecule has 0 aliphatic heterocycles. The third-order valence-electron chi connectivity index (χ3n) is 2.35. The molecule has 0 spiro atoms. The minimum atomic E-state index is -1.06. The summed E-state index contributed by atoms with van der Waals surface area (Å²) in [5.41, 5.74) is 5.78. The van der Waals surface area contributed by atoms with E-state index in [4.69, 9.17) is 15.6 Å². The number of primary amides is 1. The molecule has 5 nitrogen and oxygen atoms in total. The van der Waals surface area contributed by atoms with Crippen molar-refractivity contribution in [3.05, 3.63) is 34.3 Å². The highest BCUT2D eigenvalue weighted by Crippen LogP contribution is 2.31. The minimum Gasteiger partial charge on any atom is -0.479 e. The van der Waals surface area contributed by atoms with E-state index in [1.807, 2.05) is 0 Å². The summed E-state index contributed by atoms with van der Waals surface area (Å²) >= 11 is 3.30. The highest BCUT2D eigenvalue weighted by molar-refractivity contribution is 9.10. The van der Waals surface area contributed by atoms with Crippen molar-refractivity contribution in [1.82, 2.24) is 0 Å².